The van der Waals surface area contributed by atoms with Crippen LogP contribution in [0.25, 0.3) is 0 Å². The Kier molecular flexibility index (Phi) is 4.26. The van der Waals surface area contributed by atoms with Crippen molar-refractivity contribution in [1.82, 2.24) is 0 Å². The quantitative estimate of drug-likeness (QED) is 0.753. The van der Waals surface area contributed by atoms with E-state index < -0.39 is 0 Å². The minimum Gasteiger partial charge on any atom is -0.494 e. The number of hydrogen-bond acceptors (Lipinski definition) is 3. The monoisotopic (exact) mass is 195 g/mol. The second-order valence-electron chi connectivity index (χ2n) is 3.19. The molecule has 0 radical (unpaired) electrons. The molecule has 0 saturated carbocycles. The molecule has 0 amide bonds. The van der Waals surface area contributed by atoms with E-state index in [0.29, 0.717) is 13.2 Å². The molecule has 0 aliphatic rings. The van der Waals surface area contributed by atoms with Gasteiger partial charge in [-0.25, -0.2) is 0 Å². The van der Waals surface area contributed by atoms with Crippen LogP contribution in [-0.2, 0) is 0 Å². The van der Waals surface area contributed by atoms with Gasteiger partial charge in [-0.05, 0) is 38.1 Å². The van der Waals surface area contributed by atoms with E-state index in [1.54, 1.807) is 6.92 Å². The maximum absolute atomic E-state index is 9.07. The summed E-state index contributed by atoms with van der Waals surface area (Å²) >= 11 is 0. The number of hydrogen-bond donors (Lipinski definition) is 2. The number of benzene rings is 1. The summed E-state index contributed by atoms with van der Waals surface area (Å²) in [5.74, 6) is 0.870. The minimum absolute atomic E-state index is 0.332. The van der Waals surface area contributed by atoms with Gasteiger partial charge in [-0.15, -0.1) is 0 Å². The second kappa shape index (κ2) is 5.50. The van der Waals surface area contributed by atoms with Crippen molar-refractivity contribution in [2.45, 2.75) is 20.0 Å². The van der Waals surface area contributed by atoms with Crippen LogP contribution in [0, 0.1) is 0 Å². The molecule has 3 nitrogen and oxygen atoms in total. The number of aliphatic hydroxyl groups excluding tert-OH is 1. The van der Waals surface area contributed by atoms with E-state index >= 15 is 0 Å². The van der Waals surface area contributed by atoms with Gasteiger partial charge in [0.05, 0.1) is 12.7 Å². The third-order valence-corrected chi connectivity index (χ3v) is 1.77. The number of nitrogens with one attached hydrogen (secondary N) is 1. The van der Waals surface area contributed by atoms with E-state index in [1.807, 2.05) is 31.2 Å². The van der Waals surface area contributed by atoms with Gasteiger partial charge in [-0.3, -0.25) is 0 Å². The predicted octanol–water partition coefficient (Wildman–Crippen LogP) is 1.88. The fraction of sp³-hybridized carbons (Fsp3) is 0.455. The first-order valence-electron chi connectivity index (χ1n) is 4.87. The zero-order valence-corrected chi connectivity index (χ0v) is 8.66. The van der Waals surface area contributed by atoms with Crippen LogP contribution in [0.5, 0.6) is 5.75 Å². The highest BCUT2D eigenvalue weighted by Gasteiger charge is 1.96. The Bertz CT molecular complexity index is 256. The maximum Gasteiger partial charge on any atom is 0.119 e. The lowest BCUT2D eigenvalue weighted by Crippen LogP contribution is -2.15. The summed E-state index contributed by atoms with van der Waals surface area (Å²) in [6, 6.07) is 7.70. The molecule has 1 aromatic rings. The molecule has 14 heavy (non-hydrogen) atoms. The fourth-order valence-electron chi connectivity index (χ4n) is 1.10. The number of ether oxygens (including phenoxy) is 1. The standard InChI is InChI=1S/C11H17NO2/c1-3-14-11-6-4-10(5-7-11)12-8-9(2)13/h4-7,9,12-13H,3,8H2,1-2H3. The highest BCUT2D eigenvalue weighted by molar-refractivity contribution is 5.46. The molecule has 0 heterocycles. The third-order valence-electron chi connectivity index (χ3n) is 1.77. The SMILES string of the molecule is CCOc1ccc(NCC(C)O)cc1. The van der Waals surface area contributed by atoms with Gasteiger partial charge in [0.1, 0.15) is 5.75 Å². The van der Waals surface area contributed by atoms with E-state index in [-0.39, 0.29) is 6.10 Å². The van der Waals surface area contributed by atoms with Gasteiger partial charge in [0.15, 0.2) is 0 Å². The van der Waals surface area contributed by atoms with Gasteiger partial charge in [0.2, 0.25) is 0 Å². The van der Waals surface area contributed by atoms with Crippen molar-refractivity contribution < 1.29 is 9.84 Å². The summed E-state index contributed by atoms with van der Waals surface area (Å²) in [5.41, 5.74) is 0.995. The number of anilines is 1. The van der Waals surface area contributed by atoms with Crippen LogP contribution < -0.4 is 10.1 Å². The van der Waals surface area contributed by atoms with Gasteiger partial charge in [0, 0.05) is 12.2 Å². The number of rotatable bonds is 5. The zero-order chi connectivity index (χ0) is 10.4. The van der Waals surface area contributed by atoms with Crippen LogP contribution in [0.3, 0.4) is 0 Å². The first-order chi connectivity index (χ1) is 6.72. The molecular formula is C11H17NO2. The molecule has 0 fully saturated rings. The fourth-order valence-corrected chi connectivity index (χ4v) is 1.10. The summed E-state index contributed by atoms with van der Waals surface area (Å²) < 4.78 is 5.31. The van der Waals surface area contributed by atoms with E-state index in [1.165, 1.54) is 0 Å². The highest BCUT2D eigenvalue weighted by Crippen LogP contribution is 2.15. The van der Waals surface area contributed by atoms with Crippen molar-refractivity contribution in [3.05, 3.63) is 24.3 Å². The molecule has 1 rings (SSSR count). The molecule has 0 bridgehead atoms. The van der Waals surface area contributed by atoms with Crippen LogP contribution in [0.15, 0.2) is 24.3 Å². The Labute approximate surface area is 84.7 Å². The van der Waals surface area contributed by atoms with Gasteiger partial charge in [-0.1, -0.05) is 0 Å². The molecule has 0 aliphatic carbocycles. The van der Waals surface area contributed by atoms with Crippen LogP contribution in [0.2, 0.25) is 0 Å². The second-order valence-corrected chi connectivity index (χ2v) is 3.19. The summed E-state index contributed by atoms with van der Waals surface area (Å²) in [7, 11) is 0. The first kappa shape index (κ1) is 10.9. The molecule has 3 heteroatoms. The van der Waals surface area contributed by atoms with Gasteiger partial charge >= 0.3 is 0 Å². The van der Waals surface area contributed by atoms with Crippen molar-refractivity contribution in [3.63, 3.8) is 0 Å². The van der Waals surface area contributed by atoms with E-state index in [4.69, 9.17) is 9.84 Å². The minimum atomic E-state index is -0.332. The summed E-state index contributed by atoms with van der Waals surface area (Å²) in [6.07, 6.45) is -0.332. The maximum atomic E-state index is 9.07. The van der Waals surface area contributed by atoms with Crippen molar-refractivity contribution in [3.8, 4) is 5.75 Å². The average Bonchev–Trinajstić information content (AvgIpc) is 2.17. The number of aliphatic hydroxyl groups is 1. The lowest BCUT2D eigenvalue weighted by Gasteiger charge is -2.09. The van der Waals surface area contributed by atoms with Crippen molar-refractivity contribution in [2.75, 3.05) is 18.5 Å². The lowest BCUT2D eigenvalue weighted by atomic mass is 10.3. The van der Waals surface area contributed by atoms with Crippen molar-refractivity contribution in [2.24, 2.45) is 0 Å². The third kappa shape index (κ3) is 3.66. The summed E-state index contributed by atoms with van der Waals surface area (Å²) in [5, 5.41) is 12.2. The Hall–Kier alpha value is -1.22. The Balaban J connectivity index is 2.46. The normalized spacial score (nSPS) is 12.2. The van der Waals surface area contributed by atoms with Crippen LogP contribution in [0.4, 0.5) is 5.69 Å². The summed E-state index contributed by atoms with van der Waals surface area (Å²) in [6.45, 7) is 4.95. The van der Waals surface area contributed by atoms with Crippen LogP contribution in [-0.4, -0.2) is 24.4 Å². The Morgan fingerprint density at radius 1 is 1.36 bits per heavy atom. The van der Waals surface area contributed by atoms with Gasteiger partial charge in [-0.2, -0.15) is 0 Å². The lowest BCUT2D eigenvalue weighted by molar-refractivity contribution is 0.208. The highest BCUT2D eigenvalue weighted by atomic mass is 16.5. The largest absolute Gasteiger partial charge is 0.494 e. The molecule has 1 unspecified atom stereocenters. The predicted molar refractivity (Wildman–Crippen MR) is 57.8 cm³/mol. The van der Waals surface area contributed by atoms with E-state index in [9.17, 15) is 0 Å². The van der Waals surface area contributed by atoms with E-state index in [0.717, 1.165) is 11.4 Å². The molecule has 2 N–H and O–H groups in total. The van der Waals surface area contributed by atoms with Gasteiger partial charge < -0.3 is 15.2 Å². The Morgan fingerprint density at radius 3 is 2.50 bits per heavy atom. The van der Waals surface area contributed by atoms with Crippen molar-refractivity contribution >= 4 is 5.69 Å². The average molecular weight is 195 g/mol. The molecule has 0 spiro atoms. The summed E-state index contributed by atoms with van der Waals surface area (Å²) in [4.78, 5) is 0. The Morgan fingerprint density at radius 2 is 2.00 bits per heavy atom. The molecule has 78 valence electrons. The topological polar surface area (TPSA) is 41.5 Å². The molecule has 0 aromatic heterocycles. The molecular weight excluding hydrogens is 178 g/mol. The van der Waals surface area contributed by atoms with Crippen LogP contribution >= 0.6 is 0 Å². The molecule has 1 aromatic carbocycles. The molecule has 0 aliphatic heterocycles. The molecule has 0 saturated heterocycles. The molecule has 1 atom stereocenters. The zero-order valence-electron chi connectivity index (χ0n) is 8.66. The first-order valence-corrected chi connectivity index (χ1v) is 4.87. The van der Waals surface area contributed by atoms with Crippen LogP contribution in [0.1, 0.15) is 13.8 Å². The van der Waals surface area contributed by atoms with Crippen molar-refractivity contribution in [1.29, 1.82) is 0 Å². The van der Waals surface area contributed by atoms with E-state index in [2.05, 4.69) is 5.32 Å². The van der Waals surface area contributed by atoms with Gasteiger partial charge in [0.25, 0.3) is 0 Å². The smallest absolute Gasteiger partial charge is 0.119 e.